The van der Waals surface area contributed by atoms with E-state index in [9.17, 15) is 0 Å². The largest absolute Gasteiger partial charge is 0.271 e. The normalized spacial score (nSPS) is 13.3. The fourth-order valence-corrected chi connectivity index (χ4v) is 1.46. The molecule has 0 saturated heterocycles. The first-order chi connectivity index (χ1) is 5.78. The summed E-state index contributed by atoms with van der Waals surface area (Å²) >= 11 is 0. The number of nitrogens with two attached hydrogens (primary N) is 1. The lowest BCUT2D eigenvalue weighted by molar-refractivity contribution is 0.370. The minimum atomic E-state index is 0.410. The molecule has 0 aliphatic carbocycles. The van der Waals surface area contributed by atoms with Crippen LogP contribution in [0.15, 0.2) is 12.7 Å². The van der Waals surface area contributed by atoms with Crippen molar-refractivity contribution in [3.8, 4) is 0 Å². The van der Waals surface area contributed by atoms with E-state index in [1.54, 1.807) is 0 Å². The molecule has 0 aliphatic rings. The van der Waals surface area contributed by atoms with Gasteiger partial charge in [0, 0.05) is 6.04 Å². The van der Waals surface area contributed by atoms with Gasteiger partial charge in [-0.2, -0.15) is 0 Å². The highest BCUT2D eigenvalue weighted by atomic mass is 15.2. The van der Waals surface area contributed by atoms with Crippen molar-refractivity contribution in [3.63, 3.8) is 0 Å². The molecule has 12 heavy (non-hydrogen) atoms. The van der Waals surface area contributed by atoms with Gasteiger partial charge in [-0.25, -0.2) is 0 Å². The van der Waals surface area contributed by atoms with Gasteiger partial charge in [-0.05, 0) is 18.8 Å². The summed E-state index contributed by atoms with van der Waals surface area (Å²) in [5.41, 5.74) is 2.83. The molecule has 0 saturated carbocycles. The highest BCUT2D eigenvalue weighted by Crippen LogP contribution is 2.16. The van der Waals surface area contributed by atoms with Crippen LogP contribution >= 0.6 is 0 Å². The minimum absolute atomic E-state index is 0.410. The van der Waals surface area contributed by atoms with E-state index in [2.05, 4.69) is 25.9 Å². The first kappa shape index (κ1) is 11.7. The van der Waals surface area contributed by atoms with Crippen molar-refractivity contribution in [1.82, 2.24) is 5.43 Å². The molecule has 0 bridgehead atoms. The molecule has 0 aromatic carbocycles. The number of hydrazine groups is 1. The van der Waals surface area contributed by atoms with Gasteiger partial charge in [0.05, 0.1) is 0 Å². The van der Waals surface area contributed by atoms with Crippen molar-refractivity contribution >= 4 is 0 Å². The lowest BCUT2D eigenvalue weighted by Gasteiger charge is -2.19. The van der Waals surface area contributed by atoms with E-state index in [-0.39, 0.29) is 0 Å². The highest BCUT2D eigenvalue weighted by Gasteiger charge is 2.10. The molecule has 2 heteroatoms. The van der Waals surface area contributed by atoms with Crippen molar-refractivity contribution in [2.45, 2.75) is 45.6 Å². The van der Waals surface area contributed by atoms with Gasteiger partial charge in [0.1, 0.15) is 0 Å². The summed E-state index contributed by atoms with van der Waals surface area (Å²) < 4.78 is 0. The van der Waals surface area contributed by atoms with E-state index in [4.69, 9.17) is 5.84 Å². The van der Waals surface area contributed by atoms with Crippen LogP contribution in [0.25, 0.3) is 0 Å². The molecule has 0 rings (SSSR count). The van der Waals surface area contributed by atoms with Crippen LogP contribution in [0.2, 0.25) is 0 Å². The van der Waals surface area contributed by atoms with Crippen LogP contribution < -0.4 is 11.3 Å². The molecule has 0 spiro atoms. The first-order valence-electron chi connectivity index (χ1n) is 4.85. The summed E-state index contributed by atoms with van der Waals surface area (Å²) in [5, 5.41) is 0. The molecule has 0 heterocycles. The van der Waals surface area contributed by atoms with Crippen LogP contribution in [0.1, 0.15) is 39.5 Å². The Balaban J connectivity index is 3.73. The number of nitrogens with one attached hydrogen (secondary N) is 1. The Morgan fingerprint density at radius 3 is 2.33 bits per heavy atom. The fourth-order valence-electron chi connectivity index (χ4n) is 1.46. The molecule has 0 radical (unpaired) electrons. The standard InChI is InChI=1S/C10H22N2/c1-4-7-10(12-11)8-9(5-2)6-3/h4,9-10,12H,1,5-8,11H2,2-3H3. The predicted molar refractivity (Wildman–Crippen MR) is 54.6 cm³/mol. The van der Waals surface area contributed by atoms with E-state index in [1.807, 2.05) is 6.08 Å². The Morgan fingerprint density at radius 1 is 1.42 bits per heavy atom. The zero-order chi connectivity index (χ0) is 9.40. The summed E-state index contributed by atoms with van der Waals surface area (Å²) in [4.78, 5) is 0. The molecule has 1 unspecified atom stereocenters. The van der Waals surface area contributed by atoms with Crippen molar-refractivity contribution < 1.29 is 0 Å². The van der Waals surface area contributed by atoms with Crippen molar-refractivity contribution in [2.24, 2.45) is 11.8 Å². The highest BCUT2D eigenvalue weighted by molar-refractivity contribution is 4.78. The van der Waals surface area contributed by atoms with Crippen LogP contribution in [-0.2, 0) is 0 Å². The number of hydrogen-bond donors (Lipinski definition) is 2. The van der Waals surface area contributed by atoms with Gasteiger partial charge in [0.2, 0.25) is 0 Å². The van der Waals surface area contributed by atoms with Gasteiger partial charge in [0.25, 0.3) is 0 Å². The molecule has 0 aromatic heterocycles. The Labute approximate surface area is 76.2 Å². The van der Waals surface area contributed by atoms with E-state index < -0.39 is 0 Å². The average molecular weight is 170 g/mol. The Kier molecular flexibility index (Phi) is 7.11. The number of rotatable bonds is 7. The first-order valence-corrected chi connectivity index (χ1v) is 4.85. The molecular formula is C10H22N2. The second-order valence-electron chi connectivity index (χ2n) is 3.31. The molecule has 0 amide bonds. The van der Waals surface area contributed by atoms with E-state index >= 15 is 0 Å². The van der Waals surface area contributed by atoms with Gasteiger partial charge in [-0.15, -0.1) is 6.58 Å². The quantitative estimate of drug-likeness (QED) is 0.349. The van der Waals surface area contributed by atoms with Crippen LogP contribution in [0, 0.1) is 5.92 Å². The fraction of sp³-hybridized carbons (Fsp3) is 0.800. The van der Waals surface area contributed by atoms with Gasteiger partial charge in [0.15, 0.2) is 0 Å². The van der Waals surface area contributed by atoms with Gasteiger partial charge in [-0.1, -0.05) is 32.8 Å². The van der Waals surface area contributed by atoms with Gasteiger partial charge >= 0.3 is 0 Å². The third-order valence-corrected chi connectivity index (χ3v) is 2.46. The monoisotopic (exact) mass is 170 g/mol. The van der Waals surface area contributed by atoms with Crippen LogP contribution in [0.4, 0.5) is 0 Å². The van der Waals surface area contributed by atoms with Crippen LogP contribution in [0.5, 0.6) is 0 Å². The lowest BCUT2D eigenvalue weighted by atomic mass is 9.94. The third kappa shape index (κ3) is 4.52. The van der Waals surface area contributed by atoms with Crippen molar-refractivity contribution in [3.05, 3.63) is 12.7 Å². The smallest absolute Gasteiger partial charge is 0.0247 e. The lowest BCUT2D eigenvalue weighted by Crippen LogP contribution is -2.36. The third-order valence-electron chi connectivity index (χ3n) is 2.46. The molecule has 0 fully saturated rings. The van der Waals surface area contributed by atoms with Crippen LogP contribution in [-0.4, -0.2) is 6.04 Å². The number of hydrogen-bond acceptors (Lipinski definition) is 2. The zero-order valence-corrected chi connectivity index (χ0v) is 8.34. The maximum Gasteiger partial charge on any atom is 0.0247 e. The molecule has 0 aliphatic heterocycles. The minimum Gasteiger partial charge on any atom is -0.271 e. The summed E-state index contributed by atoms with van der Waals surface area (Å²) in [5.74, 6) is 6.22. The van der Waals surface area contributed by atoms with Gasteiger partial charge < -0.3 is 0 Å². The van der Waals surface area contributed by atoms with E-state index in [1.165, 1.54) is 12.8 Å². The molecule has 72 valence electrons. The Hall–Kier alpha value is -0.340. The summed E-state index contributed by atoms with van der Waals surface area (Å²) in [6, 6.07) is 0.410. The zero-order valence-electron chi connectivity index (χ0n) is 8.34. The Bertz CT molecular complexity index is 108. The molecule has 3 N–H and O–H groups in total. The maximum absolute atomic E-state index is 5.42. The van der Waals surface area contributed by atoms with Crippen molar-refractivity contribution in [2.75, 3.05) is 0 Å². The molecule has 0 aromatic rings. The summed E-state index contributed by atoms with van der Waals surface area (Å²) in [6.07, 6.45) is 6.53. The van der Waals surface area contributed by atoms with E-state index in [0.717, 1.165) is 18.8 Å². The molecule has 1 atom stereocenters. The predicted octanol–water partition coefficient (Wildman–Crippen LogP) is 2.22. The van der Waals surface area contributed by atoms with Crippen molar-refractivity contribution in [1.29, 1.82) is 0 Å². The second kappa shape index (κ2) is 7.32. The summed E-state index contributed by atoms with van der Waals surface area (Å²) in [7, 11) is 0. The van der Waals surface area contributed by atoms with E-state index in [0.29, 0.717) is 6.04 Å². The SMILES string of the molecule is C=CCC(CC(CC)CC)NN. The molecule has 2 nitrogen and oxygen atoms in total. The topological polar surface area (TPSA) is 38.0 Å². The molecular weight excluding hydrogens is 148 g/mol. The van der Waals surface area contributed by atoms with Gasteiger partial charge in [-0.3, -0.25) is 11.3 Å². The Morgan fingerprint density at radius 2 is 2.00 bits per heavy atom. The van der Waals surface area contributed by atoms with Crippen LogP contribution in [0.3, 0.4) is 0 Å². The summed E-state index contributed by atoms with van der Waals surface area (Å²) in [6.45, 7) is 8.18. The second-order valence-corrected chi connectivity index (χ2v) is 3.31. The average Bonchev–Trinajstić information content (AvgIpc) is 2.12. The maximum atomic E-state index is 5.42.